The van der Waals surface area contributed by atoms with Crippen LogP contribution in [0.3, 0.4) is 0 Å². The minimum absolute atomic E-state index is 0.771. The fourth-order valence-electron chi connectivity index (χ4n) is 3.22. The molecule has 0 spiro atoms. The first kappa shape index (κ1) is 15.7. The summed E-state index contributed by atoms with van der Waals surface area (Å²) in [7, 11) is 0. The predicted octanol–water partition coefficient (Wildman–Crippen LogP) is 7.34. The van der Waals surface area contributed by atoms with Crippen LogP contribution in [0.2, 0.25) is 5.02 Å². The molecule has 0 atom stereocenters. The average molecular weight is 341 g/mol. The van der Waals surface area contributed by atoms with Gasteiger partial charge in [-0.25, -0.2) is 0 Å². The number of benzene rings is 4. The molecular formula is C24H17Cl. The van der Waals surface area contributed by atoms with E-state index in [1.54, 1.807) is 0 Å². The molecule has 0 saturated heterocycles. The molecule has 25 heavy (non-hydrogen) atoms. The van der Waals surface area contributed by atoms with Crippen molar-refractivity contribution in [2.75, 3.05) is 0 Å². The smallest absolute Gasteiger partial charge is 0.0484 e. The zero-order valence-electron chi connectivity index (χ0n) is 13.7. The van der Waals surface area contributed by atoms with Gasteiger partial charge in [-0.05, 0) is 33.9 Å². The summed E-state index contributed by atoms with van der Waals surface area (Å²) in [5.41, 5.74) is 7.05. The summed E-state index contributed by atoms with van der Waals surface area (Å²) >= 11 is 6.47. The first-order valence-electron chi connectivity index (χ1n) is 8.33. The van der Waals surface area contributed by atoms with Crippen molar-refractivity contribution in [3.05, 3.63) is 108 Å². The highest BCUT2D eigenvalue weighted by molar-refractivity contribution is 6.33. The number of hydrogen-bond donors (Lipinski definition) is 0. The predicted molar refractivity (Wildman–Crippen MR) is 108 cm³/mol. The Morgan fingerprint density at radius 2 is 0.760 bits per heavy atom. The monoisotopic (exact) mass is 340 g/mol. The Kier molecular flexibility index (Phi) is 4.37. The molecule has 4 rings (SSSR count). The fourth-order valence-corrected chi connectivity index (χ4v) is 3.46. The van der Waals surface area contributed by atoms with E-state index in [-0.39, 0.29) is 0 Å². The van der Waals surface area contributed by atoms with E-state index in [0.29, 0.717) is 0 Å². The van der Waals surface area contributed by atoms with E-state index in [9.17, 15) is 0 Å². The molecule has 4 aromatic rings. The van der Waals surface area contributed by atoms with Crippen molar-refractivity contribution in [1.29, 1.82) is 0 Å². The van der Waals surface area contributed by atoms with Gasteiger partial charge in [-0.2, -0.15) is 0 Å². The van der Waals surface area contributed by atoms with E-state index >= 15 is 0 Å². The summed E-state index contributed by atoms with van der Waals surface area (Å²) in [4.78, 5) is 0. The van der Waals surface area contributed by atoms with E-state index in [1.165, 1.54) is 22.3 Å². The Morgan fingerprint density at radius 3 is 1.36 bits per heavy atom. The van der Waals surface area contributed by atoms with Crippen LogP contribution < -0.4 is 0 Å². The van der Waals surface area contributed by atoms with Crippen molar-refractivity contribution < 1.29 is 0 Å². The molecule has 0 amide bonds. The molecule has 1 heteroatoms. The van der Waals surface area contributed by atoms with E-state index in [2.05, 4.69) is 78.9 Å². The molecule has 0 radical (unpaired) electrons. The maximum atomic E-state index is 6.47. The highest BCUT2D eigenvalue weighted by Crippen LogP contribution is 2.39. The number of halogens is 1. The van der Waals surface area contributed by atoms with Crippen molar-refractivity contribution in [1.82, 2.24) is 0 Å². The van der Waals surface area contributed by atoms with Crippen molar-refractivity contribution >= 4 is 11.6 Å². The SMILES string of the molecule is Clc1ccccc1-c1ccccc1-c1ccccc1-c1ccccc1. The normalized spacial score (nSPS) is 10.6. The van der Waals surface area contributed by atoms with Gasteiger partial charge < -0.3 is 0 Å². The molecule has 0 aliphatic carbocycles. The first-order chi connectivity index (χ1) is 12.3. The van der Waals surface area contributed by atoms with Crippen LogP contribution in [0.25, 0.3) is 33.4 Å². The quantitative estimate of drug-likeness (QED) is 0.366. The first-order valence-corrected chi connectivity index (χ1v) is 8.71. The standard InChI is InChI=1S/C24H17Cl/c25-24-17-9-8-16-23(24)22-15-7-6-14-21(22)20-13-5-4-12-19(20)18-10-2-1-3-11-18/h1-17H. The van der Waals surface area contributed by atoms with Crippen molar-refractivity contribution in [3.63, 3.8) is 0 Å². The molecule has 0 saturated carbocycles. The van der Waals surface area contributed by atoms with Crippen LogP contribution in [0.5, 0.6) is 0 Å². The molecule has 0 N–H and O–H groups in total. The Labute approximate surface area is 153 Å². The number of rotatable bonds is 3. The van der Waals surface area contributed by atoms with Crippen LogP contribution >= 0.6 is 11.6 Å². The van der Waals surface area contributed by atoms with Gasteiger partial charge in [0, 0.05) is 10.6 Å². The van der Waals surface area contributed by atoms with Crippen molar-refractivity contribution in [3.8, 4) is 33.4 Å². The van der Waals surface area contributed by atoms with Gasteiger partial charge in [-0.3, -0.25) is 0 Å². The van der Waals surface area contributed by atoms with Crippen molar-refractivity contribution in [2.45, 2.75) is 0 Å². The molecule has 0 unspecified atom stereocenters. The van der Waals surface area contributed by atoms with Gasteiger partial charge in [0.05, 0.1) is 0 Å². The summed E-state index contributed by atoms with van der Waals surface area (Å²) in [6.45, 7) is 0. The maximum absolute atomic E-state index is 6.47. The van der Waals surface area contributed by atoms with Gasteiger partial charge in [0.2, 0.25) is 0 Å². The van der Waals surface area contributed by atoms with E-state index in [0.717, 1.165) is 16.1 Å². The molecule has 0 fully saturated rings. The third-order valence-corrected chi connectivity index (χ3v) is 4.72. The number of hydrogen-bond acceptors (Lipinski definition) is 0. The van der Waals surface area contributed by atoms with Gasteiger partial charge in [0.15, 0.2) is 0 Å². The van der Waals surface area contributed by atoms with E-state index in [1.807, 2.05) is 24.3 Å². The minimum atomic E-state index is 0.771. The van der Waals surface area contributed by atoms with Gasteiger partial charge in [0.1, 0.15) is 0 Å². The average Bonchev–Trinajstić information content (AvgIpc) is 2.69. The minimum Gasteiger partial charge on any atom is -0.0837 e. The van der Waals surface area contributed by atoms with Crippen molar-refractivity contribution in [2.24, 2.45) is 0 Å². The van der Waals surface area contributed by atoms with Crippen LogP contribution in [0.1, 0.15) is 0 Å². The lowest BCUT2D eigenvalue weighted by molar-refractivity contribution is 1.56. The third-order valence-electron chi connectivity index (χ3n) is 4.39. The molecule has 120 valence electrons. The fraction of sp³-hybridized carbons (Fsp3) is 0. The molecule has 0 aliphatic heterocycles. The Hall–Kier alpha value is -2.83. The zero-order valence-corrected chi connectivity index (χ0v) is 14.4. The second kappa shape index (κ2) is 6.96. The van der Waals surface area contributed by atoms with E-state index < -0.39 is 0 Å². The highest BCUT2D eigenvalue weighted by atomic mass is 35.5. The topological polar surface area (TPSA) is 0 Å². The Morgan fingerprint density at radius 1 is 0.360 bits per heavy atom. The maximum Gasteiger partial charge on any atom is 0.0484 e. The van der Waals surface area contributed by atoms with Gasteiger partial charge in [0.25, 0.3) is 0 Å². The zero-order chi connectivity index (χ0) is 17.1. The molecule has 0 heterocycles. The lowest BCUT2D eigenvalue weighted by atomic mass is 9.89. The molecule has 0 aromatic heterocycles. The van der Waals surface area contributed by atoms with Gasteiger partial charge >= 0.3 is 0 Å². The lowest BCUT2D eigenvalue weighted by Gasteiger charge is -2.15. The Balaban J connectivity index is 1.95. The summed E-state index contributed by atoms with van der Waals surface area (Å²) in [6.07, 6.45) is 0. The van der Waals surface area contributed by atoms with Crippen LogP contribution in [-0.2, 0) is 0 Å². The summed E-state index contributed by atoms with van der Waals surface area (Å²) in [5, 5.41) is 0.771. The molecule has 0 aliphatic rings. The van der Waals surface area contributed by atoms with E-state index in [4.69, 9.17) is 11.6 Å². The lowest BCUT2D eigenvalue weighted by Crippen LogP contribution is -1.89. The third kappa shape index (κ3) is 3.09. The largest absolute Gasteiger partial charge is 0.0837 e. The molecule has 0 nitrogen and oxygen atoms in total. The van der Waals surface area contributed by atoms with Crippen LogP contribution in [0, 0.1) is 0 Å². The van der Waals surface area contributed by atoms with Crippen LogP contribution in [0.15, 0.2) is 103 Å². The summed E-state index contributed by atoms with van der Waals surface area (Å²) in [6, 6.07) is 35.5. The summed E-state index contributed by atoms with van der Waals surface area (Å²) in [5.74, 6) is 0. The molecule has 4 aromatic carbocycles. The second-order valence-corrected chi connectivity index (χ2v) is 6.34. The van der Waals surface area contributed by atoms with Gasteiger partial charge in [-0.15, -0.1) is 0 Å². The second-order valence-electron chi connectivity index (χ2n) is 5.94. The molecule has 0 bridgehead atoms. The van der Waals surface area contributed by atoms with Crippen LogP contribution in [0.4, 0.5) is 0 Å². The highest BCUT2D eigenvalue weighted by Gasteiger charge is 2.13. The van der Waals surface area contributed by atoms with Crippen LogP contribution in [-0.4, -0.2) is 0 Å². The summed E-state index contributed by atoms with van der Waals surface area (Å²) < 4.78 is 0. The molecular weight excluding hydrogens is 324 g/mol. The Bertz CT molecular complexity index is 1000. The van der Waals surface area contributed by atoms with Gasteiger partial charge in [-0.1, -0.05) is 109 Å².